The largest absolute Gasteiger partial charge is 0.484 e. The van der Waals surface area contributed by atoms with Gasteiger partial charge in [0.1, 0.15) is 5.75 Å². The molecule has 1 amide bonds. The van der Waals surface area contributed by atoms with E-state index >= 15 is 0 Å². The maximum atomic E-state index is 10.7. The number of hydrogen-bond acceptors (Lipinski definition) is 6. The Balaban J connectivity index is 1.62. The van der Waals surface area contributed by atoms with Crippen molar-refractivity contribution < 1.29 is 14.1 Å². The van der Waals surface area contributed by atoms with Crippen molar-refractivity contribution in [1.29, 1.82) is 0 Å². The Bertz CT molecular complexity index is 717. The minimum atomic E-state index is -0.509. The molecule has 1 fully saturated rings. The summed E-state index contributed by atoms with van der Waals surface area (Å²) in [6.07, 6.45) is 6.46. The molecule has 0 atom stereocenters. The smallest absolute Gasteiger partial charge is 0.255 e. The second-order valence-corrected chi connectivity index (χ2v) is 5.62. The predicted molar refractivity (Wildman–Crippen MR) is 84.1 cm³/mol. The zero-order valence-electron chi connectivity index (χ0n) is 12.6. The van der Waals surface area contributed by atoms with E-state index in [1.54, 1.807) is 18.2 Å². The third-order valence-electron chi connectivity index (χ3n) is 3.81. The summed E-state index contributed by atoms with van der Waals surface area (Å²) >= 11 is 0. The molecule has 23 heavy (non-hydrogen) atoms. The summed E-state index contributed by atoms with van der Waals surface area (Å²) in [6.45, 7) is -0.138. The Morgan fingerprint density at radius 3 is 2.65 bits per heavy atom. The summed E-state index contributed by atoms with van der Waals surface area (Å²) in [6, 6.07) is 7.21. The van der Waals surface area contributed by atoms with Gasteiger partial charge in [-0.1, -0.05) is 17.3 Å². The Morgan fingerprint density at radius 2 is 2.04 bits per heavy atom. The average Bonchev–Trinajstić information content (AvgIpc) is 2.99. The zero-order valence-corrected chi connectivity index (χ0v) is 12.6. The molecule has 4 N–H and O–H groups in total. The topological polar surface area (TPSA) is 117 Å². The maximum absolute atomic E-state index is 10.7. The van der Waals surface area contributed by atoms with E-state index < -0.39 is 11.4 Å². The van der Waals surface area contributed by atoms with E-state index in [0.717, 1.165) is 24.8 Å². The minimum absolute atomic E-state index is 0.138. The number of benzene rings is 1. The summed E-state index contributed by atoms with van der Waals surface area (Å²) in [4.78, 5) is 15.0. The molecule has 1 aromatic heterocycles. The van der Waals surface area contributed by atoms with Gasteiger partial charge in [-0.3, -0.25) is 4.79 Å². The monoisotopic (exact) mass is 314 g/mol. The third kappa shape index (κ3) is 3.57. The lowest BCUT2D eigenvalue weighted by Gasteiger charge is -2.34. The first-order chi connectivity index (χ1) is 11.0. The van der Waals surface area contributed by atoms with Crippen LogP contribution in [0.4, 0.5) is 0 Å². The quantitative estimate of drug-likeness (QED) is 0.833. The molecule has 1 aliphatic carbocycles. The summed E-state index contributed by atoms with van der Waals surface area (Å²) < 4.78 is 10.4. The highest BCUT2D eigenvalue weighted by Gasteiger charge is 2.38. The van der Waals surface area contributed by atoms with E-state index in [9.17, 15) is 4.79 Å². The fourth-order valence-electron chi connectivity index (χ4n) is 2.28. The predicted octanol–water partition coefficient (Wildman–Crippen LogP) is 1.44. The Labute approximate surface area is 133 Å². The van der Waals surface area contributed by atoms with E-state index in [-0.39, 0.29) is 6.61 Å². The number of carbonyl (C=O) groups is 1. The van der Waals surface area contributed by atoms with E-state index in [0.29, 0.717) is 17.5 Å². The number of ether oxygens (including phenoxy) is 1. The van der Waals surface area contributed by atoms with Gasteiger partial charge in [-0.2, -0.15) is 4.98 Å². The summed E-state index contributed by atoms with van der Waals surface area (Å²) in [5, 5.41) is 3.95. The molecular weight excluding hydrogens is 296 g/mol. The van der Waals surface area contributed by atoms with Crippen LogP contribution in [0, 0.1) is 0 Å². The normalized spacial score (nSPS) is 16.2. The minimum Gasteiger partial charge on any atom is -0.484 e. The fraction of sp³-hybridized carbons (Fsp3) is 0.312. The van der Waals surface area contributed by atoms with E-state index in [1.165, 1.54) is 0 Å². The molecule has 0 radical (unpaired) electrons. The lowest BCUT2D eigenvalue weighted by atomic mass is 9.77. The molecule has 1 aliphatic rings. The molecule has 7 nitrogen and oxygen atoms in total. The second kappa shape index (κ2) is 6.21. The molecule has 3 rings (SSSR count). The van der Waals surface area contributed by atoms with Gasteiger partial charge in [-0.25, -0.2) is 0 Å². The molecule has 1 aromatic carbocycles. The van der Waals surface area contributed by atoms with Crippen LogP contribution in [0.25, 0.3) is 12.2 Å². The van der Waals surface area contributed by atoms with Crippen molar-refractivity contribution in [3.8, 4) is 5.75 Å². The van der Waals surface area contributed by atoms with Gasteiger partial charge in [-0.15, -0.1) is 0 Å². The molecule has 1 heterocycles. The van der Waals surface area contributed by atoms with Gasteiger partial charge in [0.2, 0.25) is 0 Å². The lowest BCUT2D eigenvalue weighted by molar-refractivity contribution is -0.119. The number of amides is 1. The van der Waals surface area contributed by atoms with Crippen molar-refractivity contribution in [3.05, 3.63) is 41.5 Å². The van der Waals surface area contributed by atoms with Gasteiger partial charge in [0.15, 0.2) is 12.4 Å². The molecule has 1 saturated carbocycles. The van der Waals surface area contributed by atoms with Crippen LogP contribution in [-0.2, 0) is 10.3 Å². The van der Waals surface area contributed by atoms with Crippen molar-refractivity contribution in [3.63, 3.8) is 0 Å². The van der Waals surface area contributed by atoms with Crippen LogP contribution in [0.15, 0.2) is 28.8 Å². The van der Waals surface area contributed by atoms with Crippen molar-refractivity contribution >= 4 is 18.1 Å². The van der Waals surface area contributed by atoms with Crippen LogP contribution in [0.1, 0.15) is 36.5 Å². The molecule has 0 spiro atoms. The average molecular weight is 314 g/mol. The van der Waals surface area contributed by atoms with Crippen molar-refractivity contribution in [2.24, 2.45) is 11.5 Å². The number of aromatic nitrogens is 2. The molecule has 0 saturated heterocycles. The third-order valence-corrected chi connectivity index (χ3v) is 3.81. The highest BCUT2D eigenvalue weighted by atomic mass is 16.5. The Kier molecular flexibility index (Phi) is 4.12. The molecule has 0 aliphatic heterocycles. The van der Waals surface area contributed by atoms with Crippen LogP contribution in [0.2, 0.25) is 0 Å². The van der Waals surface area contributed by atoms with Crippen molar-refractivity contribution in [2.75, 3.05) is 6.61 Å². The van der Waals surface area contributed by atoms with Crippen LogP contribution < -0.4 is 16.2 Å². The Hall–Kier alpha value is -2.67. The van der Waals surface area contributed by atoms with Crippen LogP contribution in [0.5, 0.6) is 5.75 Å². The highest BCUT2D eigenvalue weighted by Crippen LogP contribution is 2.36. The zero-order chi connectivity index (χ0) is 16.3. The van der Waals surface area contributed by atoms with E-state index in [2.05, 4.69) is 10.1 Å². The molecule has 120 valence electrons. The van der Waals surface area contributed by atoms with Crippen LogP contribution in [-0.4, -0.2) is 22.7 Å². The summed E-state index contributed by atoms with van der Waals surface area (Å²) in [5.74, 6) is 1.06. The van der Waals surface area contributed by atoms with Gasteiger partial charge in [0.25, 0.3) is 11.8 Å². The number of primary amides is 1. The number of carbonyl (C=O) groups excluding carboxylic acids is 1. The summed E-state index contributed by atoms with van der Waals surface area (Å²) in [5.41, 5.74) is 11.7. The number of hydrogen-bond donors (Lipinski definition) is 2. The standard InChI is InChI=1S/C16H18N4O3/c17-13(21)10-22-12-5-2-11(3-6-12)4-7-14-19-15(20-23-14)16(18)8-1-9-16/h2-7H,1,8-10,18H2,(H2,17,21)/b7-4+. The number of nitrogens with zero attached hydrogens (tertiary/aromatic N) is 2. The fourth-order valence-corrected chi connectivity index (χ4v) is 2.28. The summed E-state index contributed by atoms with van der Waals surface area (Å²) in [7, 11) is 0. The van der Waals surface area contributed by atoms with Gasteiger partial charge in [-0.05, 0) is 43.0 Å². The van der Waals surface area contributed by atoms with Gasteiger partial charge in [0.05, 0.1) is 5.54 Å². The van der Waals surface area contributed by atoms with E-state index in [1.807, 2.05) is 18.2 Å². The maximum Gasteiger partial charge on any atom is 0.255 e. The molecule has 0 bridgehead atoms. The van der Waals surface area contributed by atoms with Crippen LogP contribution >= 0.6 is 0 Å². The van der Waals surface area contributed by atoms with Gasteiger partial charge in [0, 0.05) is 6.08 Å². The molecule has 7 heteroatoms. The van der Waals surface area contributed by atoms with Crippen molar-refractivity contribution in [2.45, 2.75) is 24.8 Å². The van der Waals surface area contributed by atoms with Crippen LogP contribution in [0.3, 0.4) is 0 Å². The molecule has 2 aromatic rings. The first kappa shape index (κ1) is 15.2. The first-order valence-electron chi connectivity index (χ1n) is 7.37. The SMILES string of the molecule is NC(=O)COc1ccc(/C=C/c2nc(C3(N)CCC3)no2)cc1. The molecular formula is C16H18N4O3. The van der Waals surface area contributed by atoms with Gasteiger partial charge < -0.3 is 20.7 Å². The number of rotatable bonds is 6. The second-order valence-electron chi connectivity index (χ2n) is 5.62. The lowest BCUT2D eigenvalue weighted by Crippen LogP contribution is -2.44. The Morgan fingerprint density at radius 1 is 1.30 bits per heavy atom. The van der Waals surface area contributed by atoms with Crippen molar-refractivity contribution in [1.82, 2.24) is 10.1 Å². The molecule has 0 unspecified atom stereocenters. The van der Waals surface area contributed by atoms with Gasteiger partial charge >= 0.3 is 0 Å². The van der Waals surface area contributed by atoms with E-state index in [4.69, 9.17) is 20.7 Å². The first-order valence-corrected chi connectivity index (χ1v) is 7.37. The highest BCUT2D eigenvalue weighted by molar-refractivity contribution is 5.75. The number of nitrogens with two attached hydrogens (primary N) is 2.